The van der Waals surface area contributed by atoms with Crippen LogP contribution in [0.2, 0.25) is 0 Å². The fourth-order valence-corrected chi connectivity index (χ4v) is 4.46. The lowest BCUT2D eigenvalue weighted by Gasteiger charge is -2.29. The molecule has 1 saturated heterocycles. The van der Waals surface area contributed by atoms with Gasteiger partial charge in [0.2, 0.25) is 5.95 Å². The zero-order chi connectivity index (χ0) is 18.3. The molecule has 0 unspecified atom stereocenters. The summed E-state index contributed by atoms with van der Waals surface area (Å²) in [5, 5.41) is 9.82. The van der Waals surface area contributed by atoms with Gasteiger partial charge in [-0.15, -0.1) is 0 Å². The number of amides is 1. The highest BCUT2D eigenvalue weighted by molar-refractivity contribution is 5.99. The minimum atomic E-state index is -0.280. The van der Waals surface area contributed by atoms with Gasteiger partial charge in [-0.05, 0) is 37.1 Å². The number of rotatable bonds is 3. The second-order valence-electron chi connectivity index (χ2n) is 7.61. The van der Waals surface area contributed by atoms with Crippen molar-refractivity contribution in [1.82, 2.24) is 20.6 Å². The fraction of sp³-hybridized carbons (Fsp3) is 0.450. The number of fused-ring (bicyclic) bond motifs is 2. The molecule has 0 radical (unpaired) electrons. The minimum Gasteiger partial charge on any atom is -0.369 e. The summed E-state index contributed by atoms with van der Waals surface area (Å²) in [5.74, 6) is 0.505. The van der Waals surface area contributed by atoms with Crippen LogP contribution in [0.3, 0.4) is 0 Å². The number of carbonyl (C=O) groups is 1. The van der Waals surface area contributed by atoms with Crippen molar-refractivity contribution in [2.75, 3.05) is 36.4 Å². The van der Waals surface area contributed by atoms with E-state index in [2.05, 4.69) is 50.1 Å². The van der Waals surface area contributed by atoms with Crippen LogP contribution in [0, 0.1) is 0 Å². The molecule has 1 aromatic carbocycles. The van der Waals surface area contributed by atoms with E-state index in [0.717, 1.165) is 63.2 Å². The van der Waals surface area contributed by atoms with Gasteiger partial charge < -0.3 is 20.9 Å². The zero-order valence-electron chi connectivity index (χ0n) is 15.3. The monoisotopic (exact) mass is 364 g/mol. The summed E-state index contributed by atoms with van der Waals surface area (Å²) in [5.41, 5.74) is 3.39. The molecule has 1 saturated carbocycles. The van der Waals surface area contributed by atoms with Crippen molar-refractivity contribution >= 4 is 23.2 Å². The van der Waals surface area contributed by atoms with E-state index in [1.165, 1.54) is 5.69 Å². The van der Waals surface area contributed by atoms with Crippen molar-refractivity contribution in [3.8, 4) is 0 Å². The number of benzene rings is 1. The molecule has 7 nitrogen and oxygen atoms in total. The third-order valence-electron chi connectivity index (χ3n) is 5.90. The lowest BCUT2D eigenvalue weighted by Crippen LogP contribution is -2.43. The zero-order valence-corrected chi connectivity index (χ0v) is 15.3. The first-order chi connectivity index (χ1) is 13.2. The third kappa shape index (κ3) is 2.92. The van der Waals surface area contributed by atoms with Crippen LogP contribution in [0.15, 0.2) is 30.5 Å². The van der Waals surface area contributed by atoms with Gasteiger partial charge in [0.1, 0.15) is 0 Å². The van der Waals surface area contributed by atoms with Crippen LogP contribution >= 0.6 is 0 Å². The van der Waals surface area contributed by atoms with Gasteiger partial charge >= 0.3 is 0 Å². The standard InChI is InChI=1S/C20H24N6O/c27-18-16-13-22-19(24-17(16)20(25-18)7-1-2-8-20)23-14-3-5-15(6-4-14)26-11-9-21-10-12-26/h3-6,13,21H,1-2,7-12H2,(H,25,27)(H,22,23,24). The first-order valence-corrected chi connectivity index (χ1v) is 9.76. The van der Waals surface area contributed by atoms with Gasteiger partial charge in [-0.2, -0.15) is 0 Å². The molecule has 1 spiro atoms. The van der Waals surface area contributed by atoms with Gasteiger partial charge in [0.25, 0.3) is 5.91 Å². The van der Waals surface area contributed by atoms with Crippen molar-refractivity contribution in [2.45, 2.75) is 31.2 Å². The Labute approximate surface area is 158 Å². The molecule has 3 heterocycles. The van der Waals surface area contributed by atoms with Crippen LogP contribution < -0.4 is 20.9 Å². The van der Waals surface area contributed by atoms with E-state index in [4.69, 9.17) is 4.98 Å². The summed E-state index contributed by atoms with van der Waals surface area (Å²) < 4.78 is 0. The van der Waals surface area contributed by atoms with Gasteiger partial charge in [0.15, 0.2) is 0 Å². The topological polar surface area (TPSA) is 82.2 Å². The summed E-state index contributed by atoms with van der Waals surface area (Å²) in [6, 6.07) is 8.38. The highest BCUT2D eigenvalue weighted by Gasteiger charge is 2.46. The first kappa shape index (κ1) is 16.5. The second kappa shape index (κ2) is 6.49. The Kier molecular flexibility index (Phi) is 3.97. The highest BCUT2D eigenvalue weighted by Crippen LogP contribution is 2.43. The number of anilines is 3. The van der Waals surface area contributed by atoms with E-state index in [9.17, 15) is 4.79 Å². The SMILES string of the molecule is O=C1NC2(CCCC2)c2nc(Nc3ccc(N4CCNCC4)cc3)ncc21. The smallest absolute Gasteiger partial charge is 0.255 e. The lowest BCUT2D eigenvalue weighted by atomic mass is 9.94. The molecule has 2 aliphatic heterocycles. The molecule has 2 fully saturated rings. The number of nitrogens with one attached hydrogen (secondary N) is 3. The minimum absolute atomic E-state index is 0.0428. The van der Waals surface area contributed by atoms with Gasteiger partial charge in [0.05, 0.1) is 16.8 Å². The van der Waals surface area contributed by atoms with Crippen LogP contribution in [0.5, 0.6) is 0 Å². The maximum Gasteiger partial charge on any atom is 0.255 e. The number of hydrogen-bond acceptors (Lipinski definition) is 6. The first-order valence-electron chi connectivity index (χ1n) is 9.76. The number of carbonyl (C=O) groups excluding carboxylic acids is 1. The quantitative estimate of drug-likeness (QED) is 0.774. The fourth-order valence-electron chi connectivity index (χ4n) is 4.46. The van der Waals surface area contributed by atoms with Crippen molar-refractivity contribution in [3.05, 3.63) is 41.7 Å². The lowest BCUT2D eigenvalue weighted by molar-refractivity contribution is 0.0930. The second-order valence-corrected chi connectivity index (χ2v) is 7.61. The summed E-state index contributed by atoms with van der Waals surface area (Å²) >= 11 is 0. The van der Waals surface area contributed by atoms with E-state index in [1.54, 1.807) is 6.20 Å². The molecule has 7 heteroatoms. The molecular formula is C20H24N6O. The number of piperazine rings is 1. The van der Waals surface area contributed by atoms with E-state index in [0.29, 0.717) is 11.5 Å². The average molecular weight is 364 g/mol. The molecule has 27 heavy (non-hydrogen) atoms. The molecule has 140 valence electrons. The normalized spacial score (nSPS) is 20.6. The maximum absolute atomic E-state index is 12.3. The molecule has 3 N–H and O–H groups in total. The van der Waals surface area contributed by atoms with Gasteiger partial charge in [-0.1, -0.05) is 12.8 Å². The molecule has 3 aliphatic rings. The van der Waals surface area contributed by atoms with E-state index >= 15 is 0 Å². The Morgan fingerprint density at radius 1 is 1.07 bits per heavy atom. The van der Waals surface area contributed by atoms with Crippen LogP contribution in [-0.4, -0.2) is 42.1 Å². The molecule has 1 aromatic heterocycles. The van der Waals surface area contributed by atoms with Crippen LogP contribution in [0.25, 0.3) is 0 Å². The summed E-state index contributed by atoms with van der Waals surface area (Å²) in [6.45, 7) is 4.11. The number of aromatic nitrogens is 2. The number of nitrogens with zero attached hydrogens (tertiary/aromatic N) is 3. The molecular weight excluding hydrogens is 340 g/mol. The van der Waals surface area contributed by atoms with Crippen molar-refractivity contribution < 1.29 is 4.79 Å². The van der Waals surface area contributed by atoms with Gasteiger partial charge in [-0.25, -0.2) is 9.97 Å². The molecule has 1 aliphatic carbocycles. The van der Waals surface area contributed by atoms with Crippen molar-refractivity contribution in [1.29, 1.82) is 0 Å². The molecule has 0 bridgehead atoms. The summed E-state index contributed by atoms with van der Waals surface area (Å²) in [6.07, 6.45) is 5.82. The predicted octanol–water partition coefficient (Wildman–Crippen LogP) is 2.14. The largest absolute Gasteiger partial charge is 0.369 e. The van der Waals surface area contributed by atoms with Gasteiger partial charge in [-0.3, -0.25) is 4.79 Å². The maximum atomic E-state index is 12.3. The predicted molar refractivity (Wildman–Crippen MR) is 104 cm³/mol. The van der Waals surface area contributed by atoms with Gasteiger partial charge in [0, 0.05) is 43.8 Å². The van der Waals surface area contributed by atoms with Crippen LogP contribution in [-0.2, 0) is 5.54 Å². The molecule has 5 rings (SSSR count). The van der Waals surface area contributed by atoms with Crippen LogP contribution in [0.1, 0.15) is 41.7 Å². The molecule has 2 aromatic rings. The Bertz CT molecular complexity index is 853. The highest BCUT2D eigenvalue weighted by atomic mass is 16.2. The summed E-state index contributed by atoms with van der Waals surface area (Å²) in [4.78, 5) is 23.7. The summed E-state index contributed by atoms with van der Waals surface area (Å²) in [7, 11) is 0. The number of hydrogen-bond donors (Lipinski definition) is 3. The Balaban J connectivity index is 1.36. The van der Waals surface area contributed by atoms with Crippen molar-refractivity contribution in [3.63, 3.8) is 0 Å². The Morgan fingerprint density at radius 3 is 2.56 bits per heavy atom. The van der Waals surface area contributed by atoms with E-state index < -0.39 is 0 Å². The Hall–Kier alpha value is -2.67. The van der Waals surface area contributed by atoms with Crippen LogP contribution in [0.4, 0.5) is 17.3 Å². The molecule has 0 atom stereocenters. The molecule has 1 amide bonds. The average Bonchev–Trinajstić information content (AvgIpc) is 3.28. The third-order valence-corrected chi connectivity index (χ3v) is 5.90. The Morgan fingerprint density at radius 2 is 1.81 bits per heavy atom. The van der Waals surface area contributed by atoms with E-state index in [-0.39, 0.29) is 11.4 Å². The van der Waals surface area contributed by atoms with E-state index in [1.807, 2.05) is 0 Å². The van der Waals surface area contributed by atoms with Crippen molar-refractivity contribution in [2.24, 2.45) is 0 Å².